The number of hydrogen-bond acceptors (Lipinski definition) is 5. The fourth-order valence-electron chi connectivity index (χ4n) is 2.49. The first-order chi connectivity index (χ1) is 9.61. The van der Waals surface area contributed by atoms with Crippen LogP contribution in [0.25, 0.3) is 10.8 Å². The van der Waals surface area contributed by atoms with Crippen molar-refractivity contribution in [2.24, 2.45) is 0 Å². The Morgan fingerprint density at radius 3 is 2.80 bits per heavy atom. The molecule has 1 saturated heterocycles. The molecule has 1 aliphatic heterocycles. The van der Waals surface area contributed by atoms with Gasteiger partial charge in [0.15, 0.2) is 0 Å². The highest BCUT2D eigenvalue weighted by Gasteiger charge is 2.31. The number of fused-ring (bicyclic) bond motifs is 1. The normalized spacial score (nSPS) is 17.5. The Labute approximate surface area is 126 Å². The number of methoxy groups -OCH3 is 1. The molecule has 0 atom stereocenters. The molecule has 1 aromatic heterocycles. The van der Waals surface area contributed by atoms with Crippen LogP contribution in [-0.2, 0) is 6.42 Å². The minimum atomic E-state index is -0.313. The van der Waals surface area contributed by atoms with Gasteiger partial charge in [0.25, 0.3) is 0 Å². The van der Waals surface area contributed by atoms with E-state index in [4.69, 9.17) is 9.15 Å². The van der Waals surface area contributed by atoms with E-state index in [1.165, 1.54) is 0 Å². The topological polar surface area (TPSA) is 39.4 Å². The summed E-state index contributed by atoms with van der Waals surface area (Å²) in [6, 6.07) is 7.56. The molecule has 3 nitrogen and oxygen atoms in total. The summed E-state index contributed by atoms with van der Waals surface area (Å²) in [5.41, 5.74) is -0.313. The van der Waals surface area contributed by atoms with Gasteiger partial charge in [0.05, 0.1) is 11.2 Å². The highest BCUT2D eigenvalue weighted by molar-refractivity contribution is 8.21. The van der Waals surface area contributed by atoms with E-state index in [9.17, 15) is 4.79 Å². The first kappa shape index (κ1) is 13.9. The number of hydrogen-bond donors (Lipinski definition) is 0. The lowest BCUT2D eigenvalue weighted by Crippen LogP contribution is -2.16. The molecule has 2 aromatic rings. The van der Waals surface area contributed by atoms with Gasteiger partial charge in [0.1, 0.15) is 16.9 Å². The van der Waals surface area contributed by atoms with Crippen molar-refractivity contribution in [1.29, 1.82) is 0 Å². The Hall–Kier alpha value is -1.07. The second kappa shape index (κ2) is 5.37. The molecular weight excluding hydrogens is 292 g/mol. The van der Waals surface area contributed by atoms with E-state index in [0.717, 1.165) is 29.1 Å². The molecule has 2 heterocycles. The molecule has 1 aliphatic rings. The average Bonchev–Trinajstić information content (AvgIpc) is 2.84. The Morgan fingerprint density at radius 1 is 1.35 bits per heavy atom. The fourth-order valence-corrected chi connectivity index (χ4v) is 5.34. The van der Waals surface area contributed by atoms with E-state index < -0.39 is 0 Å². The third-order valence-corrected chi connectivity index (χ3v) is 6.71. The first-order valence-corrected chi connectivity index (χ1v) is 8.46. The van der Waals surface area contributed by atoms with E-state index in [1.807, 2.05) is 41.7 Å². The smallest absolute Gasteiger partial charge is 0.347 e. The van der Waals surface area contributed by atoms with Gasteiger partial charge in [0, 0.05) is 17.9 Å². The SMILES string of the molecule is COc1cccc2cc(CC3(C)SCCS3)oc(=O)c12. The van der Waals surface area contributed by atoms with Crippen LogP contribution in [0.4, 0.5) is 0 Å². The second-order valence-electron chi connectivity index (χ2n) is 4.93. The number of benzene rings is 1. The van der Waals surface area contributed by atoms with Gasteiger partial charge in [-0.2, -0.15) is 0 Å². The van der Waals surface area contributed by atoms with Crippen LogP contribution in [0.5, 0.6) is 5.75 Å². The van der Waals surface area contributed by atoms with E-state index in [-0.39, 0.29) is 9.70 Å². The summed E-state index contributed by atoms with van der Waals surface area (Å²) in [4.78, 5) is 12.2. The Balaban J connectivity index is 2.04. The summed E-state index contributed by atoms with van der Waals surface area (Å²) in [7, 11) is 1.56. The zero-order valence-corrected chi connectivity index (χ0v) is 13.1. The first-order valence-electron chi connectivity index (χ1n) is 6.49. The van der Waals surface area contributed by atoms with Crippen molar-refractivity contribution in [3.05, 3.63) is 40.4 Å². The van der Waals surface area contributed by atoms with Gasteiger partial charge < -0.3 is 9.15 Å². The van der Waals surface area contributed by atoms with Crippen molar-refractivity contribution < 1.29 is 9.15 Å². The zero-order chi connectivity index (χ0) is 14.2. The number of rotatable bonds is 3. The Kier molecular flexibility index (Phi) is 3.73. The maximum absolute atomic E-state index is 12.2. The standard InChI is InChI=1S/C15H16O3S2/c1-15(19-6-7-20-15)9-11-8-10-4-3-5-12(17-2)13(10)14(16)18-11/h3-5,8H,6-7,9H2,1-2H3. The summed E-state index contributed by atoms with van der Waals surface area (Å²) < 4.78 is 10.8. The lowest BCUT2D eigenvalue weighted by molar-refractivity contribution is 0.414. The van der Waals surface area contributed by atoms with E-state index in [1.54, 1.807) is 13.2 Å². The highest BCUT2D eigenvalue weighted by atomic mass is 32.2. The van der Waals surface area contributed by atoms with Crippen LogP contribution in [0.2, 0.25) is 0 Å². The molecule has 0 amide bonds. The van der Waals surface area contributed by atoms with Gasteiger partial charge in [-0.25, -0.2) is 4.79 Å². The van der Waals surface area contributed by atoms with Crippen molar-refractivity contribution in [2.45, 2.75) is 17.4 Å². The molecule has 0 spiro atoms. The molecule has 0 bridgehead atoms. The van der Waals surface area contributed by atoms with Gasteiger partial charge in [-0.05, 0) is 24.4 Å². The van der Waals surface area contributed by atoms with E-state index >= 15 is 0 Å². The van der Waals surface area contributed by atoms with Crippen LogP contribution < -0.4 is 10.4 Å². The van der Waals surface area contributed by atoms with Crippen molar-refractivity contribution in [1.82, 2.24) is 0 Å². The van der Waals surface area contributed by atoms with Crippen LogP contribution in [0, 0.1) is 0 Å². The summed E-state index contributed by atoms with van der Waals surface area (Å²) >= 11 is 3.87. The fraction of sp³-hybridized carbons (Fsp3) is 0.400. The van der Waals surface area contributed by atoms with Crippen LogP contribution in [0.15, 0.2) is 33.5 Å². The van der Waals surface area contributed by atoms with Gasteiger partial charge in [-0.1, -0.05) is 12.1 Å². The molecule has 1 fully saturated rings. The molecule has 0 N–H and O–H groups in total. The zero-order valence-electron chi connectivity index (χ0n) is 11.5. The van der Waals surface area contributed by atoms with Gasteiger partial charge in [-0.3, -0.25) is 0 Å². The van der Waals surface area contributed by atoms with Crippen molar-refractivity contribution in [3.63, 3.8) is 0 Å². The predicted molar refractivity (Wildman–Crippen MR) is 86.1 cm³/mol. The molecule has 106 valence electrons. The van der Waals surface area contributed by atoms with Crippen molar-refractivity contribution in [2.75, 3.05) is 18.6 Å². The quantitative estimate of drug-likeness (QED) is 0.867. The van der Waals surface area contributed by atoms with Crippen molar-refractivity contribution in [3.8, 4) is 5.75 Å². The summed E-state index contributed by atoms with van der Waals surface area (Å²) in [6.45, 7) is 2.21. The van der Waals surface area contributed by atoms with Gasteiger partial charge in [-0.15, -0.1) is 23.5 Å². The molecule has 0 radical (unpaired) electrons. The third-order valence-electron chi connectivity index (χ3n) is 3.42. The molecule has 5 heteroatoms. The summed E-state index contributed by atoms with van der Waals surface area (Å²) in [6.07, 6.45) is 0.769. The molecule has 1 aromatic carbocycles. The number of ether oxygens (including phenoxy) is 1. The molecule has 0 saturated carbocycles. The summed E-state index contributed by atoms with van der Waals surface area (Å²) in [5, 5.41) is 1.41. The monoisotopic (exact) mass is 308 g/mol. The molecule has 0 aliphatic carbocycles. The summed E-state index contributed by atoms with van der Waals surface area (Å²) in [5.74, 6) is 3.64. The molecule has 0 unspecified atom stereocenters. The average molecular weight is 308 g/mol. The second-order valence-corrected chi connectivity index (χ2v) is 8.39. The van der Waals surface area contributed by atoms with Crippen LogP contribution in [0.1, 0.15) is 12.7 Å². The highest BCUT2D eigenvalue weighted by Crippen LogP contribution is 2.45. The molecule has 20 heavy (non-hydrogen) atoms. The Morgan fingerprint density at radius 2 is 2.10 bits per heavy atom. The lowest BCUT2D eigenvalue weighted by atomic mass is 10.1. The van der Waals surface area contributed by atoms with E-state index in [0.29, 0.717) is 11.1 Å². The predicted octanol–water partition coefficient (Wildman–Crippen LogP) is 3.54. The van der Waals surface area contributed by atoms with E-state index in [2.05, 4.69) is 6.92 Å². The maximum atomic E-state index is 12.2. The van der Waals surface area contributed by atoms with Crippen LogP contribution >= 0.6 is 23.5 Å². The third kappa shape index (κ3) is 2.56. The molecule has 3 rings (SSSR count). The molecular formula is C15H16O3S2. The lowest BCUT2D eigenvalue weighted by Gasteiger charge is -2.20. The van der Waals surface area contributed by atoms with Gasteiger partial charge in [0.2, 0.25) is 0 Å². The Bertz CT molecular complexity index is 687. The minimum absolute atomic E-state index is 0.114. The maximum Gasteiger partial charge on any atom is 0.347 e. The van der Waals surface area contributed by atoms with Crippen LogP contribution in [0.3, 0.4) is 0 Å². The minimum Gasteiger partial charge on any atom is -0.496 e. The largest absolute Gasteiger partial charge is 0.496 e. The van der Waals surface area contributed by atoms with Gasteiger partial charge >= 0.3 is 5.63 Å². The number of thioether (sulfide) groups is 2. The van der Waals surface area contributed by atoms with Crippen molar-refractivity contribution >= 4 is 34.3 Å². The van der Waals surface area contributed by atoms with Crippen LogP contribution in [-0.4, -0.2) is 22.7 Å².